The lowest BCUT2D eigenvalue weighted by molar-refractivity contribution is 0.340. The molecule has 0 aliphatic rings. The van der Waals surface area contributed by atoms with E-state index in [1.807, 2.05) is 18.2 Å². The van der Waals surface area contributed by atoms with Gasteiger partial charge >= 0.3 is 0 Å². The van der Waals surface area contributed by atoms with Gasteiger partial charge in [-0.05, 0) is 53.0 Å². The van der Waals surface area contributed by atoms with Crippen molar-refractivity contribution in [2.24, 2.45) is 0 Å². The Hall–Kier alpha value is -1.52. The molecule has 0 amide bonds. The summed E-state index contributed by atoms with van der Waals surface area (Å²) in [5.41, 5.74) is 0.824. The summed E-state index contributed by atoms with van der Waals surface area (Å²) in [4.78, 5) is 2.20. The van der Waals surface area contributed by atoms with Crippen molar-refractivity contribution in [1.29, 1.82) is 0 Å². The molecule has 116 valence electrons. The average molecular weight is 290 g/mol. The third kappa shape index (κ3) is 3.99. The van der Waals surface area contributed by atoms with Crippen LogP contribution in [-0.2, 0) is 0 Å². The molecule has 0 saturated heterocycles. The van der Waals surface area contributed by atoms with Crippen LogP contribution < -0.4 is 10.1 Å². The predicted octanol–water partition coefficient (Wildman–Crippen LogP) is 3.43. The summed E-state index contributed by atoms with van der Waals surface area (Å²) in [5, 5.41) is 4.67. The minimum atomic E-state index is 0.180. The Morgan fingerprint density at radius 3 is 2.71 bits per heavy atom. The number of fused-ring (bicyclic) bond motifs is 1. The van der Waals surface area contributed by atoms with E-state index < -0.39 is 0 Å². The molecule has 2 rings (SSSR count). The topological polar surface area (TPSA) is 37.6 Å². The molecule has 1 aromatic carbocycles. The third-order valence-electron chi connectivity index (χ3n) is 3.72. The maximum absolute atomic E-state index is 5.98. The van der Waals surface area contributed by atoms with Crippen molar-refractivity contribution < 1.29 is 9.15 Å². The van der Waals surface area contributed by atoms with E-state index in [9.17, 15) is 0 Å². The molecule has 0 fully saturated rings. The minimum absolute atomic E-state index is 0.180. The molecular formula is C17H26N2O2. The number of rotatable bonds is 7. The van der Waals surface area contributed by atoms with Crippen LogP contribution in [0.5, 0.6) is 5.75 Å². The van der Waals surface area contributed by atoms with Crippen molar-refractivity contribution in [3.05, 3.63) is 30.0 Å². The van der Waals surface area contributed by atoms with Crippen molar-refractivity contribution >= 4 is 11.0 Å². The van der Waals surface area contributed by atoms with Gasteiger partial charge in [0.25, 0.3) is 0 Å². The molecule has 2 aromatic rings. The molecule has 2 unspecified atom stereocenters. The van der Waals surface area contributed by atoms with Crippen molar-refractivity contribution in [3.8, 4) is 5.75 Å². The van der Waals surface area contributed by atoms with Gasteiger partial charge in [-0.3, -0.25) is 0 Å². The summed E-state index contributed by atoms with van der Waals surface area (Å²) in [6, 6.07) is 8.67. The number of hydrogen-bond acceptors (Lipinski definition) is 4. The minimum Gasteiger partial charge on any atom is -0.493 e. The van der Waals surface area contributed by atoms with Gasteiger partial charge in [0.2, 0.25) is 0 Å². The molecule has 2 atom stereocenters. The Balaban J connectivity index is 2.07. The second-order valence-electron chi connectivity index (χ2n) is 5.91. The number of furan rings is 1. The van der Waals surface area contributed by atoms with E-state index in [2.05, 4.69) is 44.2 Å². The molecule has 0 bridgehead atoms. The molecule has 4 nitrogen and oxygen atoms in total. The zero-order valence-electron chi connectivity index (χ0n) is 13.6. The molecule has 0 spiro atoms. The zero-order valence-corrected chi connectivity index (χ0v) is 13.6. The molecule has 0 aliphatic heterocycles. The monoisotopic (exact) mass is 290 g/mol. The molecule has 1 N–H and O–H groups in total. The van der Waals surface area contributed by atoms with Gasteiger partial charge in [0, 0.05) is 11.4 Å². The summed E-state index contributed by atoms with van der Waals surface area (Å²) in [7, 11) is 5.87. The second kappa shape index (κ2) is 6.96. The molecule has 0 radical (unpaired) electrons. The molecule has 0 saturated carbocycles. The van der Waals surface area contributed by atoms with Gasteiger partial charge in [-0.1, -0.05) is 12.1 Å². The third-order valence-corrected chi connectivity index (χ3v) is 3.72. The molecule has 4 heteroatoms. The lowest BCUT2D eigenvalue weighted by Crippen LogP contribution is -2.31. The maximum Gasteiger partial charge on any atom is 0.176 e. The van der Waals surface area contributed by atoms with Gasteiger partial charge in [-0.15, -0.1) is 0 Å². The van der Waals surface area contributed by atoms with Gasteiger partial charge in [0.05, 0.1) is 13.2 Å². The normalized spacial score (nSPS) is 14.6. The Morgan fingerprint density at radius 1 is 1.29 bits per heavy atom. The van der Waals surface area contributed by atoms with Crippen molar-refractivity contribution in [2.45, 2.75) is 32.4 Å². The van der Waals surface area contributed by atoms with E-state index in [1.54, 1.807) is 7.11 Å². The summed E-state index contributed by atoms with van der Waals surface area (Å²) in [6.45, 7) is 5.43. The van der Waals surface area contributed by atoms with Crippen LogP contribution in [-0.4, -0.2) is 38.7 Å². The van der Waals surface area contributed by atoms with Crippen LogP contribution in [0.15, 0.2) is 28.7 Å². The van der Waals surface area contributed by atoms with Crippen LogP contribution in [0.1, 0.15) is 32.1 Å². The Labute approximate surface area is 127 Å². The number of benzene rings is 1. The highest BCUT2D eigenvalue weighted by Crippen LogP contribution is 2.30. The van der Waals surface area contributed by atoms with E-state index in [1.165, 1.54) is 0 Å². The van der Waals surface area contributed by atoms with Gasteiger partial charge in [0.15, 0.2) is 11.3 Å². The Kier molecular flexibility index (Phi) is 5.26. The van der Waals surface area contributed by atoms with Crippen molar-refractivity contribution in [3.63, 3.8) is 0 Å². The first-order chi connectivity index (χ1) is 10.0. The smallest absolute Gasteiger partial charge is 0.176 e. The SMILES string of the molecule is COc1cccc2cc(C(C)NC(C)CCN(C)C)oc12. The second-order valence-corrected chi connectivity index (χ2v) is 5.91. The number of ether oxygens (including phenoxy) is 1. The number of methoxy groups -OCH3 is 1. The number of nitrogens with one attached hydrogen (secondary N) is 1. The van der Waals surface area contributed by atoms with E-state index in [0.717, 1.165) is 35.4 Å². The van der Waals surface area contributed by atoms with Gasteiger partial charge in [-0.2, -0.15) is 0 Å². The molecule has 0 aliphatic carbocycles. The Morgan fingerprint density at radius 2 is 2.05 bits per heavy atom. The number of nitrogens with zero attached hydrogens (tertiary/aromatic N) is 1. The highest BCUT2D eigenvalue weighted by molar-refractivity contribution is 5.83. The van der Waals surface area contributed by atoms with Crippen LogP contribution >= 0.6 is 0 Å². The lowest BCUT2D eigenvalue weighted by Gasteiger charge is -2.20. The maximum atomic E-state index is 5.98. The summed E-state index contributed by atoms with van der Waals surface area (Å²) >= 11 is 0. The number of para-hydroxylation sites is 1. The summed E-state index contributed by atoms with van der Waals surface area (Å²) < 4.78 is 11.3. The molecule has 1 aromatic heterocycles. The summed E-state index contributed by atoms with van der Waals surface area (Å²) in [5.74, 6) is 1.73. The lowest BCUT2D eigenvalue weighted by atomic mass is 10.1. The fourth-order valence-corrected chi connectivity index (χ4v) is 2.47. The highest BCUT2D eigenvalue weighted by atomic mass is 16.5. The van der Waals surface area contributed by atoms with E-state index in [-0.39, 0.29) is 6.04 Å². The van der Waals surface area contributed by atoms with Gasteiger partial charge in [-0.25, -0.2) is 0 Å². The highest BCUT2D eigenvalue weighted by Gasteiger charge is 2.15. The molecular weight excluding hydrogens is 264 g/mol. The largest absolute Gasteiger partial charge is 0.493 e. The van der Waals surface area contributed by atoms with E-state index in [0.29, 0.717) is 6.04 Å². The van der Waals surface area contributed by atoms with Gasteiger partial charge < -0.3 is 19.4 Å². The van der Waals surface area contributed by atoms with Crippen LogP contribution in [0, 0.1) is 0 Å². The van der Waals surface area contributed by atoms with Crippen LogP contribution in [0.4, 0.5) is 0 Å². The van der Waals surface area contributed by atoms with E-state index >= 15 is 0 Å². The zero-order chi connectivity index (χ0) is 15.4. The fourth-order valence-electron chi connectivity index (χ4n) is 2.47. The van der Waals surface area contributed by atoms with Gasteiger partial charge in [0.1, 0.15) is 5.76 Å². The number of hydrogen-bond donors (Lipinski definition) is 1. The predicted molar refractivity (Wildman–Crippen MR) is 86.9 cm³/mol. The standard InChI is InChI=1S/C17H26N2O2/c1-12(9-10-19(3)4)18-13(2)16-11-14-7-6-8-15(20-5)17(14)21-16/h6-8,11-13,18H,9-10H2,1-5H3. The first-order valence-corrected chi connectivity index (χ1v) is 7.48. The van der Waals surface area contributed by atoms with Crippen LogP contribution in [0.3, 0.4) is 0 Å². The Bertz CT molecular complexity index is 577. The molecule has 1 heterocycles. The van der Waals surface area contributed by atoms with Crippen molar-refractivity contribution in [2.75, 3.05) is 27.7 Å². The van der Waals surface area contributed by atoms with Crippen LogP contribution in [0.2, 0.25) is 0 Å². The first kappa shape index (κ1) is 15.9. The fraction of sp³-hybridized carbons (Fsp3) is 0.529. The summed E-state index contributed by atoms with van der Waals surface area (Å²) in [6.07, 6.45) is 1.11. The first-order valence-electron chi connectivity index (χ1n) is 7.48. The van der Waals surface area contributed by atoms with Crippen LogP contribution in [0.25, 0.3) is 11.0 Å². The van der Waals surface area contributed by atoms with Crippen molar-refractivity contribution in [1.82, 2.24) is 10.2 Å². The molecule has 21 heavy (non-hydrogen) atoms. The average Bonchev–Trinajstić information content (AvgIpc) is 2.89. The van der Waals surface area contributed by atoms with E-state index in [4.69, 9.17) is 9.15 Å². The quantitative estimate of drug-likeness (QED) is 0.847.